The molecule has 5 nitrogen and oxygen atoms in total. The normalized spacial score (nSPS) is 24.8. The van der Waals surface area contributed by atoms with Gasteiger partial charge in [0.05, 0.1) is 10.2 Å². The van der Waals surface area contributed by atoms with E-state index in [1.807, 2.05) is 12.1 Å². The molecular formula is C18H20BrNO4. The summed E-state index contributed by atoms with van der Waals surface area (Å²) in [5.41, 5.74) is 0.615. The van der Waals surface area contributed by atoms with Gasteiger partial charge >= 0.3 is 5.97 Å². The number of anilines is 1. The summed E-state index contributed by atoms with van der Waals surface area (Å²) < 4.78 is 12.0. The van der Waals surface area contributed by atoms with Gasteiger partial charge in [-0.3, -0.25) is 0 Å². The Labute approximate surface area is 149 Å². The zero-order chi connectivity index (χ0) is 17.9. The molecule has 2 aliphatic rings. The lowest BCUT2D eigenvalue weighted by Gasteiger charge is -2.31. The van der Waals surface area contributed by atoms with Crippen LogP contribution in [0.25, 0.3) is 0 Å². The van der Waals surface area contributed by atoms with Crippen LogP contribution in [0, 0.1) is 0 Å². The second-order valence-electron chi connectivity index (χ2n) is 7.15. The van der Waals surface area contributed by atoms with Crippen molar-refractivity contribution in [2.45, 2.75) is 45.8 Å². The average molecular weight is 394 g/mol. The zero-order valence-corrected chi connectivity index (χ0v) is 15.9. The molecule has 2 N–H and O–H groups in total. The van der Waals surface area contributed by atoms with Crippen molar-refractivity contribution in [3.63, 3.8) is 0 Å². The third kappa shape index (κ3) is 2.59. The van der Waals surface area contributed by atoms with Crippen molar-refractivity contribution in [2.75, 3.05) is 5.32 Å². The molecule has 0 saturated heterocycles. The quantitative estimate of drug-likeness (QED) is 0.384. The van der Waals surface area contributed by atoms with E-state index in [0.717, 1.165) is 15.7 Å². The zero-order valence-electron chi connectivity index (χ0n) is 14.3. The fourth-order valence-electron chi connectivity index (χ4n) is 2.94. The molecule has 0 amide bonds. The first-order chi connectivity index (χ1) is 11.0. The molecule has 0 saturated carbocycles. The minimum Gasteiger partial charge on any atom is -0.512 e. The lowest BCUT2D eigenvalue weighted by atomic mass is 9.87. The molecule has 24 heavy (non-hydrogen) atoms. The molecule has 0 fully saturated rings. The van der Waals surface area contributed by atoms with Crippen LogP contribution in [0.1, 0.15) is 40.2 Å². The van der Waals surface area contributed by atoms with Crippen LogP contribution >= 0.6 is 15.9 Å². The van der Waals surface area contributed by atoms with Gasteiger partial charge < -0.3 is 19.9 Å². The summed E-state index contributed by atoms with van der Waals surface area (Å²) in [6.45, 7) is 9.48. The molecule has 0 aliphatic carbocycles. The summed E-state index contributed by atoms with van der Waals surface area (Å²) in [5, 5.41) is 13.3. The summed E-state index contributed by atoms with van der Waals surface area (Å²) in [6, 6.07) is 4.01. The van der Waals surface area contributed by atoms with E-state index in [0.29, 0.717) is 11.5 Å². The van der Waals surface area contributed by atoms with Crippen LogP contribution in [0.4, 0.5) is 5.69 Å². The predicted octanol–water partition coefficient (Wildman–Crippen LogP) is 4.54. The van der Waals surface area contributed by atoms with Gasteiger partial charge in [-0.15, -0.1) is 0 Å². The Morgan fingerprint density at radius 1 is 1.33 bits per heavy atom. The molecule has 0 radical (unpaired) electrons. The maximum absolute atomic E-state index is 12.3. The van der Waals surface area contributed by atoms with Crippen molar-refractivity contribution >= 4 is 27.6 Å². The van der Waals surface area contributed by atoms with Gasteiger partial charge in [-0.1, -0.05) is 20.8 Å². The van der Waals surface area contributed by atoms with Gasteiger partial charge in [0, 0.05) is 6.08 Å². The number of carbonyl (C=O) groups excluding carboxylic acids is 1. The van der Waals surface area contributed by atoms with Gasteiger partial charge in [0.2, 0.25) is 5.72 Å². The minimum absolute atomic E-state index is 0.0439. The van der Waals surface area contributed by atoms with Crippen LogP contribution in [0.5, 0.6) is 5.75 Å². The first-order valence-electron chi connectivity index (χ1n) is 7.67. The predicted molar refractivity (Wildman–Crippen MR) is 95.0 cm³/mol. The molecular weight excluding hydrogens is 374 g/mol. The number of carbonyl (C=O) groups is 1. The lowest BCUT2D eigenvalue weighted by molar-refractivity contribution is -0.138. The second-order valence-corrected chi connectivity index (χ2v) is 8.01. The summed E-state index contributed by atoms with van der Waals surface area (Å²) in [5.74, 6) is 0.247. The number of halogens is 1. The molecule has 1 unspecified atom stereocenters. The highest BCUT2D eigenvalue weighted by Gasteiger charge is 2.50. The fourth-order valence-corrected chi connectivity index (χ4v) is 3.48. The molecule has 3 rings (SSSR count). The molecule has 6 heteroatoms. The van der Waals surface area contributed by atoms with Crippen LogP contribution in [0.15, 0.2) is 39.8 Å². The Bertz CT molecular complexity index is 800. The average Bonchev–Trinajstić information content (AvgIpc) is 2.74. The van der Waals surface area contributed by atoms with Crippen molar-refractivity contribution in [2.24, 2.45) is 0 Å². The molecule has 0 bridgehead atoms. The molecule has 2 heterocycles. The number of benzene rings is 1. The Morgan fingerprint density at radius 2 is 2.00 bits per heavy atom. The summed E-state index contributed by atoms with van der Waals surface area (Å²) in [4.78, 5) is 12.3. The highest BCUT2D eigenvalue weighted by atomic mass is 79.9. The van der Waals surface area contributed by atoms with E-state index in [1.165, 1.54) is 6.92 Å². The van der Waals surface area contributed by atoms with Crippen molar-refractivity contribution in [3.05, 3.63) is 45.3 Å². The number of fused-ring (bicyclic) bond motifs is 1. The number of aliphatic hydroxyl groups excluding tert-OH is 1. The highest BCUT2D eigenvalue weighted by Crippen LogP contribution is 2.49. The molecule has 1 spiro atoms. The molecule has 1 aromatic carbocycles. The Kier molecular flexibility index (Phi) is 3.71. The first kappa shape index (κ1) is 16.9. The van der Waals surface area contributed by atoms with Crippen molar-refractivity contribution in [1.82, 2.24) is 0 Å². The van der Waals surface area contributed by atoms with Crippen LogP contribution in [-0.4, -0.2) is 16.8 Å². The summed E-state index contributed by atoms with van der Waals surface area (Å²) in [6.07, 6.45) is 1.66. The number of nitrogens with one attached hydrogen (secondary N) is 1. The van der Waals surface area contributed by atoms with E-state index in [4.69, 9.17) is 9.47 Å². The van der Waals surface area contributed by atoms with Crippen LogP contribution in [0.3, 0.4) is 0 Å². The Hall–Kier alpha value is -1.95. The molecule has 0 aromatic heterocycles. The van der Waals surface area contributed by atoms with Crippen molar-refractivity contribution in [3.8, 4) is 5.75 Å². The van der Waals surface area contributed by atoms with E-state index in [1.54, 1.807) is 13.0 Å². The van der Waals surface area contributed by atoms with E-state index < -0.39 is 11.7 Å². The molecule has 128 valence electrons. The van der Waals surface area contributed by atoms with Crippen LogP contribution in [0.2, 0.25) is 0 Å². The number of esters is 1. The maximum Gasteiger partial charge on any atom is 0.349 e. The van der Waals surface area contributed by atoms with Crippen LogP contribution < -0.4 is 10.1 Å². The number of rotatable bonds is 0. The standard InChI is InChI=1S/C18H20BrNO4/c1-9-8-18(14(10(2)21)16(22)23-9)20-13-7-11(17(3,4)5)6-12(19)15(13)24-18/h6-8,20-21H,1-5H3/b14-10-. The monoisotopic (exact) mass is 393 g/mol. The SMILES string of the molecule is CC1=CC2(Nc3cc(C(C)(C)C)cc(Br)c3O2)/C(=C(/C)O)C(=O)O1. The topological polar surface area (TPSA) is 67.8 Å². The summed E-state index contributed by atoms with van der Waals surface area (Å²) in [7, 11) is 0. The highest BCUT2D eigenvalue weighted by molar-refractivity contribution is 9.10. The third-order valence-electron chi connectivity index (χ3n) is 4.09. The van der Waals surface area contributed by atoms with E-state index >= 15 is 0 Å². The molecule has 1 aromatic rings. The van der Waals surface area contributed by atoms with Crippen LogP contribution in [-0.2, 0) is 14.9 Å². The van der Waals surface area contributed by atoms with Crippen molar-refractivity contribution in [1.29, 1.82) is 0 Å². The third-order valence-corrected chi connectivity index (χ3v) is 4.68. The largest absolute Gasteiger partial charge is 0.512 e. The van der Waals surface area contributed by atoms with Gasteiger partial charge in [-0.2, -0.15) is 0 Å². The molecule has 1 atom stereocenters. The van der Waals surface area contributed by atoms with Gasteiger partial charge in [0.25, 0.3) is 0 Å². The number of aliphatic hydroxyl groups is 1. The van der Waals surface area contributed by atoms with Gasteiger partial charge in [-0.25, -0.2) is 4.79 Å². The van der Waals surface area contributed by atoms with Crippen molar-refractivity contribution < 1.29 is 19.4 Å². The van der Waals surface area contributed by atoms with Gasteiger partial charge in [-0.05, 0) is 52.9 Å². The maximum atomic E-state index is 12.3. The fraction of sp³-hybridized carbons (Fsp3) is 0.389. The first-order valence-corrected chi connectivity index (χ1v) is 8.46. The van der Waals surface area contributed by atoms with Gasteiger partial charge in [0.1, 0.15) is 17.1 Å². The number of hydrogen-bond acceptors (Lipinski definition) is 5. The minimum atomic E-state index is -1.26. The Balaban J connectivity index is 2.16. The molecule has 2 aliphatic heterocycles. The van der Waals surface area contributed by atoms with E-state index in [2.05, 4.69) is 42.0 Å². The van der Waals surface area contributed by atoms with E-state index in [9.17, 15) is 9.90 Å². The number of ether oxygens (including phenoxy) is 2. The number of allylic oxidation sites excluding steroid dienone is 2. The number of cyclic esters (lactones) is 1. The lowest BCUT2D eigenvalue weighted by Crippen LogP contribution is -2.47. The number of hydrogen-bond donors (Lipinski definition) is 2. The van der Waals surface area contributed by atoms with E-state index in [-0.39, 0.29) is 16.7 Å². The smallest absolute Gasteiger partial charge is 0.349 e. The summed E-state index contributed by atoms with van der Waals surface area (Å²) >= 11 is 3.55. The van der Waals surface area contributed by atoms with Gasteiger partial charge in [0.15, 0.2) is 5.75 Å². The second kappa shape index (κ2) is 5.28. The Morgan fingerprint density at radius 3 is 2.58 bits per heavy atom.